The largest absolute Gasteiger partial charge is 0.396 e. The van der Waals surface area contributed by atoms with Gasteiger partial charge < -0.3 is 14.6 Å². The van der Waals surface area contributed by atoms with Crippen molar-refractivity contribution in [2.45, 2.75) is 31.8 Å². The van der Waals surface area contributed by atoms with Crippen molar-refractivity contribution in [3.63, 3.8) is 0 Å². The van der Waals surface area contributed by atoms with Gasteiger partial charge in [0, 0.05) is 19.8 Å². The molecule has 1 heterocycles. The molecule has 0 aliphatic carbocycles. The van der Waals surface area contributed by atoms with Crippen LogP contribution in [0.25, 0.3) is 0 Å². The third-order valence-corrected chi connectivity index (χ3v) is 2.29. The first kappa shape index (κ1) is 11.7. The van der Waals surface area contributed by atoms with Crippen LogP contribution < -0.4 is 0 Å². The fourth-order valence-electron chi connectivity index (χ4n) is 1.43. The van der Waals surface area contributed by atoms with Gasteiger partial charge in [0.2, 0.25) is 0 Å². The number of hydrogen-bond donors (Lipinski definition) is 1. The molecule has 0 amide bonds. The van der Waals surface area contributed by atoms with Crippen molar-refractivity contribution in [3.05, 3.63) is 12.2 Å². The van der Waals surface area contributed by atoms with Crippen LogP contribution in [0.3, 0.4) is 0 Å². The van der Waals surface area contributed by atoms with Crippen molar-refractivity contribution in [2.75, 3.05) is 26.4 Å². The Morgan fingerprint density at radius 2 is 2.07 bits per heavy atom. The standard InChI is InChI=1S/C11H20O3/c12-7-3-1-2-4-8-14-11-5-9-13-10-6-11/h2,4,11-12H,1,3,5-10H2/b4-2-. The maximum atomic E-state index is 8.55. The van der Waals surface area contributed by atoms with Crippen LogP contribution in [0.4, 0.5) is 0 Å². The molecule has 0 aromatic heterocycles. The van der Waals surface area contributed by atoms with Gasteiger partial charge in [-0.05, 0) is 25.7 Å². The van der Waals surface area contributed by atoms with E-state index in [2.05, 4.69) is 6.08 Å². The Hall–Kier alpha value is -0.380. The van der Waals surface area contributed by atoms with E-state index in [1.165, 1.54) is 0 Å². The summed E-state index contributed by atoms with van der Waals surface area (Å²) in [7, 11) is 0. The molecular formula is C11H20O3. The number of allylic oxidation sites excluding steroid dienone is 1. The Bertz CT molecular complexity index is 151. The molecular weight excluding hydrogens is 180 g/mol. The summed E-state index contributed by atoms with van der Waals surface area (Å²) < 4.78 is 10.9. The smallest absolute Gasteiger partial charge is 0.0651 e. The van der Waals surface area contributed by atoms with Crippen LogP contribution in [0, 0.1) is 0 Å². The third-order valence-electron chi connectivity index (χ3n) is 2.29. The zero-order valence-electron chi connectivity index (χ0n) is 8.65. The monoisotopic (exact) mass is 200 g/mol. The zero-order valence-corrected chi connectivity index (χ0v) is 8.65. The maximum absolute atomic E-state index is 8.55. The van der Waals surface area contributed by atoms with Gasteiger partial charge in [-0.25, -0.2) is 0 Å². The van der Waals surface area contributed by atoms with Gasteiger partial charge in [-0.15, -0.1) is 0 Å². The molecule has 1 rings (SSSR count). The van der Waals surface area contributed by atoms with Gasteiger partial charge in [-0.1, -0.05) is 12.2 Å². The second-order valence-corrected chi connectivity index (χ2v) is 3.48. The molecule has 82 valence electrons. The van der Waals surface area contributed by atoms with E-state index in [0.29, 0.717) is 12.7 Å². The fourth-order valence-corrected chi connectivity index (χ4v) is 1.43. The summed E-state index contributed by atoms with van der Waals surface area (Å²) in [6.45, 7) is 2.62. The normalized spacial score (nSPS) is 19.2. The molecule has 14 heavy (non-hydrogen) atoms. The number of aliphatic hydroxyl groups is 1. The molecule has 0 radical (unpaired) electrons. The van der Waals surface area contributed by atoms with Crippen molar-refractivity contribution >= 4 is 0 Å². The average molecular weight is 200 g/mol. The van der Waals surface area contributed by atoms with Crippen LogP contribution in [0.15, 0.2) is 12.2 Å². The number of hydrogen-bond acceptors (Lipinski definition) is 3. The molecule has 1 aliphatic heterocycles. The SMILES string of the molecule is OCCC/C=C\COC1CCOCC1. The number of aliphatic hydroxyl groups excluding tert-OH is 1. The predicted octanol–water partition coefficient (Wildman–Crippen LogP) is 1.51. The second-order valence-electron chi connectivity index (χ2n) is 3.48. The molecule has 3 nitrogen and oxygen atoms in total. The number of unbranched alkanes of at least 4 members (excludes halogenated alkanes) is 1. The molecule has 1 N–H and O–H groups in total. The van der Waals surface area contributed by atoms with Crippen LogP contribution >= 0.6 is 0 Å². The highest BCUT2D eigenvalue weighted by Gasteiger charge is 2.12. The molecule has 0 saturated carbocycles. The van der Waals surface area contributed by atoms with Crippen molar-refractivity contribution in [1.29, 1.82) is 0 Å². The topological polar surface area (TPSA) is 38.7 Å². The van der Waals surface area contributed by atoms with E-state index in [4.69, 9.17) is 14.6 Å². The Balaban J connectivity index is 1.94. The van der Waals surface area contributed by atoms with Gasteiger partial charge in [0.15, 0.2) is 0 Å². The minimum atomic E-state index is 0.269. The van der Waals surface area contributed by atoms with E-state index < -0.39 is 0 Å². The Morgan fingerprint density at radius 1 is 1.29 bits per heavy atom. The van der Waals surface area contributed by atoms with Gasteiger partial charge >= 0.3 is 0 Å². The summed E-state index contributed by atoms with van der Waals surface area (Å²) in [4.78, 5) is 0. The number of ether oxygens (including phenoxy) is 2. The van der Waals surface area contributed by atoms with Crippen molar-refractivity contribution in [2.24, 2.45) is 0 Å². The van der Waals surface area contributed by atoms with E-state index in [1.54, 1.807) is 0 Å². The van der Waals surface area contributed by atoms with Gasteiger partial charge in [-0.2, -0.15) is 0 Å². The molecule has 0 spiro atoms. The van der Waals surface area contributed by atoms with E-state index in [9.17, 15) is 0 Å². The number of rotatable bonds is 6. The first-order chi connectivity index (χ1) is 6.93. The van der Waals surface area contributed by atoms with Crippen molar-refractivity contribution in [1.82, 2.24) is 0 Å². The summed E-state index contributed by atoms with van der Waals surface area (Å²) in [6, 6.07) is 0. The van der Waals surface area contributed by atoms with Crippen LogP contribution in [-0.2, 0) is 9.47 Å². The molecule has 1 aliphatic rings. The lowest BCUT2D eigenvalue weighted by Gasteiger charge is -2.21. The lowest BCUT2D eigenvalue weighted by atomic mass is 10.1. The van der Waals surface area contributed by atoms with E-state index in [0.717, 1.165) is 38.9 Å². The molecule has 0 aromatic rings. The fraction of sp³-hybridized carbons (Fsp3) is 0.818. The van der Waals surface area contributed by atoms with Crippen LogP contribution in [0.2, 0.25) is 0 Å². The predicted molar refractivity (Wildman–Crippen MR) is 55.3 cm³/mol. The first-order valence-electron chi connectivity index (χ1n) is 5.38. The Kier molecular flexibility index (Phi) is 6.66. The first-order valence-corrected chi connectivity index (χ1v) is 5.38. The average Bonchev–Trinajstić information content (AvgIpc) is 2.25. The lowest BCUT2D eigenvalue weighted by Crippen LogP contribution is -2.23. The second kappa shape index (κ2) is 7.97. The highest BCUT2D eigenvalue weighted by molar-refractivity contribution is 4.81. The molecule has 0 unspecified atom stereocenters. The molecule has 0 aromatic carbocycles. The van der Waals surface area contributed by atoms with Crippen LogP contribution in [-0.4, -0.2) is 37.6 Å². The zero-order chi connectivity index (χ0) is 10.1. The van der Waals surface area contributed by atoms with Gasteiger partial charge in [0.05, 0.1) is 12.7 Å². The maximum Gasteiger partial charge on any atom is 0.0651 e. The molecule has 3 heteroatoms. The minimum Gasteiger partial charge on any atom is -0.396 e. The summed E-state index contributed by atoms with van der Waals surface area (Å²) in [5.74, 6) is 0. The summed E-state index contributed by atoms with van der Waals surface area (Å²) >= 11 is 0. The van der Waals surface area contributed by atoms with Gasteiger partial charge in [0.25, 0.3) is 0 Å². The van der Waals surface area contributed by atoms with E-state index in [1.807, 2.05) is 6.08 Å². The summed E-state index contributed by atoms with van der Waals surface area (Å²) in [5, 5.41) is 8.55. The van der Waals surface area contributed by atoms with Crippen LogP contribution in [0.1, 0.15) is 25.7 Å². The summed E-state index contributed by atoms with van der Waals surface area (Å²) in [5.41, 5.74) is 0. The highest BCUT2D eigenvalue weighted by Crippen LogP contribution is 2.10. The Labute approximate surface area is 85.7 Å². The van der Waals surface area contributed by atoms with E-state index >= 15 is 0 Å². The minimum absolute atomic E-state index is 0.269. The Morgan fingerprint density at radius 3 is 2.79 bits per heavy atom. The van der Waals surface area contributed by atoms with E-state index in [-0.39, 0.29) is 6.61 Å². The van der Waals surface area contributed by atoms with Crippen molar-refractivity contribution in [3.8, 4) is 0 Å². The lowest BCUT2D eigenvalue weighted by molar-refractivity contribution is -0.0222. The molecule has 1 fully saturated rings. The quantitative estimate of drug-likeness (QED) is 0.522. The summed E-state index contributed by atoms with van der Waals surface area (Å²) in [6.07, 6.45) is 8.29. The van der Waals surface area contributed by atoms with Crippen molar-refractivity contribution < 1.29 is 14.6 Å². The molecule has 1 saturated heterocycles. The molecule has 0 bridgehead atoms. The third kappa shape index (κ3) is 5.37. The highest BCUT2D eigenvalue weighted by atomic mass is 16.5. The van der Waals surface area contributed by atoms with Gasteiger partial charge in [0.1, 0.15) is 0 Å². The molecule has 0 atom stereocenters. The van der Waals surface area contributed by atoms with Crippen LogP contribution in [0.5, 0.6) is 0 Å². The van der Waals surface area contributed by atoms with Gasteiger partial charge in [-0.3, -0.25) is 0 Å².